The number of allylic oxidation sites excluding steroid dienone is 1. The molecule has 0 spiro atoms. The van der Waals surface area contributed by atoms with Crippen LogP contribution in [0, 0.1) is 39.2 Å². The second-order valence-electron chi connectivity index (χ2n) is 38.3. The third kappa shape index (κ3) is 39.3. The minimum absolute atomic E-state index is 0.0833. The van der Waals surface area contributed by atoms with E-state index in [-0.39, 0.29) is 69.6 Å². The van der Waals surface area contributed by atoms with E-state index in [1.165, 1.54) is 99.3 Å². The summed E-state index contributed by atoms with van der Waals surface area (Å²) < 4.78 is 123. The number of nitro groups is 1. The highest BCUT2D eigenvalue weighted by Crippen LogP contribution is 2.43. The Kier molecular flexibility index (Phi) is 43.8. The van der Waals surface area contributed by atoms with Gasteiger partial charge >= 0.3 is 36.3 Å². The Morgan fingerprint density at radius 1 is 0.543 bits per heavy atom. The number of aliphatic hydroxyl groups is 3. The number of carboxylic acids is 1. The fraction of sp³-hybridized carbons (Fsp3) is 0.420. The standard InChI is InChI=1S/C20H27NOSi.C15H21FN2O3.2C14H19FN2O3.C14H17FN2O2.C12H16N2O6S.C9H7FO.C2H4O2S/c1-23(2,3)22-20(19-15-10-16-21-19,17-11-6-4-7-12-17)18-13-8-5-9-14-18;1-15(2,3)21-14(20)18-13(19)9-12(17(18)4)10-5-7-11(16)8-6-10;1-14(2,3)20-13(19)17-11(8-12(18)16-17)9-4-6-10(15)7-5-9;1-14(2,3)20-13(19)17-12(18)8-11(16-17)9-4-6-10(15)7-5-9;1-14(2,3)19-13(18)17-12(8-9-16-17)10-4-6-11(15)7-5-10;1-12(2,3)20-11(15)8-13-21(18,19)10-6-4-9(5-7-10)14(16)17;10-9-5-3-8(4-6-9)2-1-7-11;3-2(4)1-5/h4-9,11-14,19,21H,10,15-16H2,1-3H3;5-8,12-13,19H,9H2,1-4H3;2*4-7,11-12,16,18H,8H2,1-3H3;4-7,9,12H,8H2,1-3H3;4-7,13H,8H2,1-3H3;1-7H;5H,1H2,(H,3,4)/b;;;;;;2-1+;/t19-;12-,13?;2*11-,12?;;;;/m0000..../s1. The molecule has 8 atom stereocenters. The molecule has 0 aliphatic carbocycles. The maximum absolute atomic E-state index is 13.0. The van der Waals surface area contributed by atoms with Crippen molar-refractivity contribution in [2.75, 3.05) is 25.9 Å². The minimum atomic E-state index is -3.93. The molecule has 5 aliphatic heterocycles. The van der Waals surface area contributed by atoms with Gasteiger partial charge in [-0.1, -0.05) is 127 Å². The molecule has 4 unspecified atom stereocenters. The number of ether oxygens (including phenoxy) is 5. The van der Waals surface area contributed by atoms with E-state index in [2.05, 4.69) is 119 Å². The van der Waals surface area contributed by atoms with Gasteiger partial charge in [0.15, 0.2) is 8.32 Å². The highest BCUT2D eigenvalue weighted by Gasteiger charge is 2.48. The molecule has 40 heteroatoms. The van der Waals surface area contributed by atoms with Gasteiger partial charge in [0.2, 0.25) is 10.0 Å². The van der Waals surface area contributed by atoms with E-state index in [4.69, 9.17) is 33.2 Å². The van der Waals surface area contributed by atoms with Crippen LogP contribution in [0.4, 0.5) is 46.8 Å². The highest BCUT2D eigenvalue weighted by atomic mass is 32.2. The zero-order valence-electron chi connectivity index (χ0n) is 82.0. The summed E-state index contributed by atoms with van der Waals surface area (Å²) in [7, 11) is -3.99. The summed E-state index contributed by atoms with van der Waals surface area (Å²) in [6, 6.07) is 54.9. The van der Waals surface area contributed by atoms with Gasteiger partial charge in [-0.05, 0) is 261 Å². The number of aliphatic hydroxyl groups excluding tert-OH is 3. The van der Waals surface area contributed by atoms with E-state index in [1.54, 1.807) is 189 Å². The van der Waals surface area contributed by atoms with Gasteiger partial charge in [0.1, 0.15) is 94.2 Å². The molecule has 8 aromatic carbocycles. The third-order valence-corrected chi connectivity index (χ3v) is 22.4. The number of hydrogen-bond acceptors (Lipinski definition) is 26. The van der Waals surface area contributed by atoms with Crippen LogP contribution in [-0.4, -0.2) is 195 Å². The van der Waals surface area contributed by atoms with Crippen LogP contribution in [-0.2, 0) is 58.1 Å². The number of aldehydes is 1. The van der Waals surface area contributed by atoms with Gasteiger partial charge in [-0.3, -0.25) is 24.5 Å². The number of nitrogens with one attached hydrogen (secondary N) is 4. The average molecular weight is 2010 g/mol. The minimum Gasteiger partial charge on any atom is -0.481 e. The van der Waals surface area contributed by atoms with Crippen LogP contribution in [0.15, 0.2) is 222 Å². The summed E-state index contributed by atoms with van der Waals surface area (Å²) in [4.78, 5) is 88.5. The number of nitrogens with zero attached hydrogens (tertiary/aromatic N) is 7. The first-order valence-electron chi connectivity index (χ1n) is 44.8. The van der Waals surface area contributed by atoms with Crippen molar-refractivity contribution >= 4 is 91.5 Å². The molecule has 8 aromatic rings. The van der Waals surface area contributed by atoms with Crippen LogP contribution in [0.1, 0.15) is 205 Å². The zero-order chi connectivity index (χ0) is 105. The first-order chi connectivity index (χ1) is 65.2. The van der Waals surface area contributed by atoms with Crippen molar-refractivity contribution in [1.82, 2.24) is 45.9 Å². The van der Waals surface area contributed by atoms with Gasteiger partial charge in [-0.2, -0.15) is 27.5 Å². The molecule has 762 valence electrons. The number of esters is 1. The maximum Gasteiger partial charge on any atom is 0.431 e. The first kappa shape index (κ1) is 117. The largest absolute Gasteiger partial charge is 0.481 e. The predicted octanol–water partition coefficient (Wildman–Crippen LogP) is 18.6. The Hall–Kier alpha value is -11.9. The molecule has 4 amide bonds. The normalized spacial score (nSPS) is 18.6. The fourth-order valence-corrected chi connectivity index (χ4v) is 16.4. The quantitative estimate of drug-likeness (QED) is 0.00470. The zero-order valence-corrected chi connectivity index (χ0v) is 84.7. The van der Waals surface area contributed by atoms with Gasteiger partial charge in [0, 0.05) is 57.1 Å². The van der Waals surface area contributed by atoms with Crippen LogP contribution < -0.4 is 20.9 Å². The number of non-ortho nitro benzene ring substituents is 1. The smallest absolute Gasteiger partial charge is 0.431 e. The lowest BCUT2D eigenvalue weighted by Gasteiger charge is -2.44. The lowest BCUT2D eigenvalue weighted by molar-refractivity contribution is -0.384. The topological polar surface area (TPSA) is 410 Å². The predicted molar refractivity (Wildman–Crippen MR) is 524 cm³/mol. The van der Waals surface area contributed by atoms with Crippen LogP contribution in [0.25, 0.3) is 6.08 Å². The first-order valence-corrected chi connectivity index (χ1v) is 50.4. The molecular formula is C100H130F5N11O21S2Si. The summed E-state index contributed by atoms with van der Waals surface area (Å²) in [5, 5.41) is 62.1. The number of thiol groups is 1. The summed E-state index contributed by atoms with van der Waals surface area (Å²) in [5.74, 6) is -3.23. The number of hydrazine groups is 3. The van der Waals surface area contributed by atoms with Crippen LogP contribution >= 0.6 is 12.6 Å². The van der Waals surface area contributed by atoms with Crippen molar-refractivity contribution in [2.45, 2.75) is 249 Å². The number of hydrogen-bond donors (Lipinski definition) is 9. The Balaban J connectivity index is 0.000000250. The van der Waals surface area contributed by atoms with Crippen molar-refractivity contribution < 1.29 is 117 Å². The van der Waals surface area contributed by atoms with Gasteiger partial charge in [-0.25, -0.2) is 80.4 Å². The Morgan fingerprint density at radius 3 is 1.37 bits per heavy atom. The maximum atomic E-state index is 13.0. The van der Waals surface area contributed by atoms with Gasteiger partial charge in [0.25, 0.3) is 5.69 Å². The van der Waals surface area contributed by atoms with Crippen LogP contribution in [0.3, 0.4) is 0 Å². The lowest BCUT2D eigenvalue weighted by atomic mass is 9.79. The van der Waals surface area contributed by atoms with Crippen molar-refractivity contribution in [3.63, 3.8) is 0 Å². The van der Waals surface area contributed by atoms with E-state index >= 15 is 0 Å². The summed E-state index contributed by atoms with van der Waals surface area (Å²) in [6.07, 6.45) is 4.24. The molecule has 0 radical (unpaired) electrons. The summed E-state index contributed by atoms with van der Waals surface area (Å²) in [6.45, 7) is 33.7. The molecule has 5 aliphatic rings. The third-order valence-electron chi connectivity index (χ3n) is 19.8. The molecule has 0 aromatic heterocycles. The average Bonchev–Trinajstić information content (AvgIpc) is 1.35. The molecule has 32 nitrogen and oxygen atoms in total. The number of carbonyl (C=O) groups excluding carboxylic acids is 6. The second kappa shape index (κ2) is 52.5. The van der Waals surface area contributed by atoms with E-state index in [9.17, 15) is 89.4 Å². The SMILES string of the molecule is CC(C)(C)OC(=O)CNS(=O)(=O)c1ccc([N+](=O)[O-])cc1.CC(C)(C)OC(=O)N1N=CCC1c1ccc(F)cc1.CC(C)(C)OC(=O)N1NC(O)C[C@H]1c1ccc(F)cc1.CC(C)(C)OC(=O)N1N[C@H](c2ccc(F)cc2)CC1O.CN1[C@H](c2ccc(F)cc2)CC(O)N1C(=O)OC(C)(C)C.C[Si](C)(C)OC(c1ccccc1)(c1ccccc1)[C@@H]1CCCN1.O=C(O)CS.O=C/C=C/c1ccc(F)cc1. The number of nitro benzene ring substituents is 1. The van der Waals surface area contributed by atoms with E-state index in [0.29, 0.717) is 38.0 Å². The van der Waals surface area contributed by atoms with Gasteiger partial charge in [0.05, 0.1) is 39.7 Å². The van der Waals surface area contributed by atoms with Crippen LogP contribution in [0.5, 0.6) is 0 Å². The second-order valence-corrected chi connectivity index (χ2v) is 44.8. The van der Waals surface area contributed by atoms with Crippen molar-refractivity contribution in [2.24, 2.45) is 5.10 Å². The van der Waals surface area contributed by atoms with Crippen LogP contribution in [0.2, 0.25) is 19.6 Å². The molecule has 8 N–H and O–H groups in total. The molecule has 0 saturated carbocycles. The molecule has 13 rings (SSSR count). The molecule has 4 saturated heterocycles. The Bertz CT molecular complexity index is 5440. The lowest BCUT2D eigenvalue weighted by Crippen LogP contribution is -2.53. The number of carbonyl (C=O) groups is 7. The molecule has 0 bridgehead atoms. The molecule has 5 heterocycles. The Morgan fingerprint density at radius 2 is 0.957 bits per heavy atom. The number of amides is 4. The molecule has 4 fully saturated rings. The Labute approximate surface area is 821 Å². The molecule has 140 heavy (non-hydrogen) atoms. The fourth-order valence-electron chi connectivity index (χ4n) is 14.1. The summed E-state index contributed by atoms with van der Waals surface area (Å²) >= 11 is 3.42. The number of halogens is 5. The number of aliphatic carboxylic acids is 1. The van der Waals surface area contributed by atoms with E-state index in [0.717, 1.165) is 70.1 Å². The van der Waals surface area contributed by atoms with Gasteiger partial charge in [-0.15, -0.1) is 0 Å². The van der Waals surface area contributed by atoms with Crippen molar-refractivity contribution in [1.29, 1.82) is 0 Å². The number of benzene rings is 8. The monoisotopic (exact) mass is 2010 g/mol. The number of rotatable bonds is 17. The van der Waals surface area contributed by atoms with E-state index < -0.39 is 118 Å². The number of sulfonamides is 1. The van der Waals surface area contributed by atoms with E-state index in [1.807, 2.05) is 0 Å². The number of hydrazone groups is 1. The highest BCUT2D eigenvalue weighted by molar-refractivity contribution is 7.89. The van der Waals surface area contributed by atoms with Crippen molar-refractivity contribution in [3.05, 3.63) is 290 Å². The number of carboxylic acid groups (broad SMARTS) is 1. The van der Waals surface area contributed by atoms with Crippen molar-refractivity contribution in [3.8, 4) is 0 Å². The molecular weight excluding hydrogens is 1880 g/mol. The summed E-state index contributed by atoms with van der Waals surface area (Å²) in [5.41, 5.74) is 8.30. The van der Waals surface area contributed by atoms with Gasteiger partial charge < -0.3 is 53.9 Å².